The van der Waals surface area contributed by atoms with Crippen LogP contribution in [0.5, 0.6) is 5.75 Å². The first-order valence-electron chi connectivity index (χ1n) is 11.1. The number of ether oxygens (including phenoxy) is 1. The Hall–Kier alpha value is -2.41. The molecule has 2 aromatic rings. The van der Waals surface area contributed by atoms with E-state index in [1.165, 1.54) is 12.1 Å². The molecule has 2 aliphatic rings. The molecule has 0 bridgehead atoms. The summed E-state index contributed by atoms with van der Waals surface area (Å²) in [6.07, 6.45) is 1.07. The summed E-state index contributed by atoms with van der Waals surface area (Å²) < 4.78 is 56.8. The van der Waals surface area contributed by atoms with E-state index in [2.05, 4.69) is 4.90 Å². The Kier molecular flexibility index (Phi) is 6.56. The van der Waals surface area contributed by atoms with Crippen molar-refractivity contribution in [2.75, 3.05) is 26.2 Å². The maximum atomic E-state index is 13.0. The number of benzene rings is 2. The summed E-state index contributed by atoms with van der Waals surface area (Å²) in [4.78, 5) is 13.4. The average Bonchev–Trinajstić information content (AvgIpc) is 3.42. The zero-order valence-electron chi connectivity index (χ0n) is 17.8. The molecule has 2 aromatic carbocycles. The van der Waals surface area contributed by atoms with Gasteiger partial charge in [-0.3, -0.25) is 4.79 Å². The highest BCUT2D eigenvalue weighted by atomic mass is 19.4. The lowest BCUT2D eigenvalue weighted by Gasteiger charge is -2.34. The van der Waals surface area contributed by atoms with Gasteiger partial charge in [-0.05, 0) is 67.8 Å². The van der Waals surface area contributed by atoms with Crippen LogP contribution in [0.1, 0.15) is 53.6 Å². The molecule has 0 aromatic heterocycles. The van der Waals surface area contributed by atoms with Crippen LogP contribution in [-0.2, 0) is 11.6 Å². The number of rotatable bonds is 7. The predicted octanol–water partition coefficient (Wildman–Crippen LogP) is 6.03. The van der Waals surface area contributed by atoms with Crippen LogP contribution in [-0.4, -0.2) is 37.2 Å². The van der Waals surface area contributed by atoms with E-state index >= 15 is 0 Å². The molecule has 0 spiro atoms. The van der Waals surface area contributed by atoms with Crippen LogP contribution in [0, 0.1) is 5.92 Å². The molecule has 32 heavy (non-hydrogen) atoms. The van der Waals surface area contributed by atoms with Crippen molar-refractivity contribution >= 4 is 6.04 Å². The Labute approximate surface area is 185 Å². The third kappa shape index (κ3) is 5.14. The van der Waals surface area contributed by atoms with Gasteiger partial charge in [0.1, 0.15) is 5.75 Å². The fraction of sp³-hybridized carbons (Fsp3) is 0.480. The van der Waals surface area contributed by atoms with Crippen LogP contribution >= 0.6 is 0 Å². The molecule has 1 saturated carbocycles. The second kappa shape index (κ2) is 9.22. The maximum Gasteiger partial charge on any atom is 0.416 e. The number of hydrogen-bond donors (Lipinski definition) is 0. The van der Waals surface area contributed by atoms with Gasteiger partial charge < -0.3 is 9.64 Å². The van der Waals surface area contributed by atoms with E-state index in [-0.39, 0.29) is 11.0 Å². The van der Waals surface area contributed by atoms with E-state index in [1.54, 1.807) is 12.1 Å². The molecule has 1 aliphatic carbocycles. The molecule has 0 amide bonds. The number of carbonyl (C=O) groups excluding carboxylic acids is 1. The molecule has 7 heteroatoms. The highest BCUT2D eigenvalue weighted by molar-refractivity contribution is 5.88. The number of hydrogen-bond acceptors (Lipinski definition) is 3. The van der Waals surface area contributed by atoms with Gasteiger partial charge in [0, 0.05) is 24.4 Å². The van der Waals surface area contributed by atoms with Gasteiger partial charge in [-0.1, -0.05) is 25.0 Å². The van der Waals surface area contributed by atoms with Gasteiger partial charge in [0.25, 0.3) is 0 Å². The van der Waals surface area contributed by atoms with Gasteiger partial charge in [0.2, 0.25) is 0 Å². The summed E-state index contributed by atoms with van der Waals surface area (Å²) in [5.41, 5.74) is 0.580. The number of halogens is 4. The van der Waals surface area contributed by atoms with Gasteiger partial charge in [-0.2, -0.15) is 17.6 Å². The Morgan fingerprint density at radius 2 is 1.69 bits per heavy atom. The van der Waals surface area contributed by atoms with Crippen LogP contribution in [0.25, 0.3) is 0 Å². The second-order valence-electron chi connectivity index (χ2n) is 9.06. The van der Waals surface area contributed by atoms with E-state index in [0.717, 1.165) is 69.4 Å². The van der Waals surface area contributed by atoms with E-state index in [1.807, 2.05) is 12.1 Å². The Morgan fingerprint density at radius 1 is 1.03 bits per heavy atom. The summed E-state index contributed by atoms with van der Waals surface area (Å²) in [5, 5.41) is 0. The van der Waals surface area contributed by atoms with Crippen molar-refractivity contribution < 1.29 is 27.1 Å². The first-order valence-corrected chi connectivity index (χ1v) is 11.1. The second-order valence-corrected chi connectivity index (χ2v) is 9.06. The number of carbonyl (C=O) groups is 1. The Morgan fingerprint density at radius 3 is 2.28 bits per heavy atom. The molecule has 4 rings (SSSR count). The summed E-state index contributed by atoms with van der Waals surface area (Å²) in [6.45, 7) is 3.21. The lowest BCUT2D eigenvalue weighted by molar-refractivity contribution is -0.137. The molecular formula is C25H27F4NO2. The first kappa shape index (κ1) is 22.8. The largest absolute Gasteiger partial charge is 0.493 e. The number of alkyl halides is 3. The molecule has 1 heterocycles. The molecule has 0 unspecified atom stereocenters. The normalized spacial score (nSPS) is 21.1. The van der Waals surface area contributed by atoms with Crippen LogP contribution in [0.3, 0.4) is 0 Å². The Balaban J connectivity index is 1.33. The highest BCUT2D eigenvalue weighted by Crippen LogP contribution is 2.42. The molecular weight excluding hydrogens is 422 g/mol. The molecule has 1 saturated heterocycles. The molecule has 1 aliphatic heterocycles. The minimum absolute atomic E-state index is 0.0149. The zero-order chi connectivity index (χ0) is 22.8. The SMILES string of the molecule is O=C(F)c1ccc(C2(CN3CC[C@H](COc4ccc(C(F)(F)F)cc4)C3)CCCC2)cc1. The predicted molar refractivity (Wildman–Crippen MR) is 114 cm³/mol. The molecule has 2 fully saturated rings. The molecule has 1 atom stereocenters. The van der Waals surface area contributed by atoms with Gasteiger partial charge >= 0.3 is 12.2 Å². The van der Waals surface area contributed by atoms with Crippen LogP contribution < -0.4 is 4.74 Å². The topological polar surface area (TPSA) is 29.5 Å². The minimum atomic E-state index is -4.34. The van der Waals surface area contributed by atoms with Gasteiger partial charge in [-0.25, -0.2) is 0 Å². The van der Waals surface area contributed by atoms with E-state index < -0.39 is 17.8 Å². The number of nitrogens with zero attached hydrogens (tertiary/aromatic N) is 1. The van der Waals surface area contributed by atoms with Crippen molar-refractivity contribution in [1.82, 2.24) is 4.90 Å². The van der Waals surface area contributed by atoms with Gasteiger partial charge in [0.15, 0.2) is 0 Å². The summed E-state index contributed by atoms with van der Waals surface area (Å²) >= 11 is 0. The smallest absolute Gasteiger partial charge is 0.416 e. The Bertz CT molecular complexity index is 918. The lowest BCUT2D eigenvalue weighted by atomic mass is 9.78. The summed E-state index contributed by atoms with van der Waals surface area (Å²) in [7, 11) is 0. The summed E-state index contributed by atoms with van der Waals surface area (Å²) in [6, 6.07) is 10.3. The fourth-order valence-electron chi connectivity index (χ4n) is 5.12. The molecule has 0 N–H and O–H groups in total. The van der Waals surface area contributed by atoms with Crippen LogP contribution in [0.2, 0.25) is 0 Å². The van der Waals surface area contributed by atoms with Crippen molar-refractivity contribution in [2.45, 2.75) is 43.7 Å². The van der Waals surface area contributed by atoms with E-state index in [0.29, 0.717) is 18.3 Å². The lowest BCUT2D eigenvalue weighted by Crippen LogP contribution is -2.38. The third-order valence-electron chi connectivity index (χ3n) is 6.85. The van der Waals surface area contributed by atoms with Crippen molar-refractivity contribution in [3.63, 3.8) is 0 Å². The quantitative estimate of drug-likeness (QED) is 0.382. The van der Waals surface area contributed by atoms with Crippen LogP contribution in [0.4, 0.5) is 17.6 Å². The summed E-state index contributed by atoms with van der Waals surface area (Å²) in [5.74, 6) is 0.772. The van der Waals surface area contributed by atoms with Crippen molar-refractivity contribution in [1.29, 1.82) is 0 Å². The van der Waals surface area contributed by atoms with Gasteiger partial charge in [-0.15, -0.1) is 0 Å². The van der Waals surface area contributed by atoms with Gasteiger partial charge in [0.05, 0.1) is 17.7 Å². The fourth-order valence-corrected chi connectivity index (χ4v) is 5.12. The van der Waals surface area contributed by atoms with Crippen LogP contribution in [0.15, 0.2) is 48.5 Å². The standard InChI is InChI=1S/C25H27F4NO2/c26-23(31)19-3-5-20(6-4-19)24(12-1-2-13-24)17-30-14-11-18(15-30)16-32-22-9-7-21(8-10-22)25(27,28)29/h3-10,18H,1-2,11-17H2/t18-/m0/s1. The zero-order valence-corrected chi connectivity index (χ0v) is 17.8. The van der Waals surface area contributed by atoms with E-state index in [9.17, 15) is 22.4 Å². The van der Waals surface area contributed by atoms with Crippen molar-refractivity contribution in [2.24, 2.45) is 5.92 Å². The van der Waals surface area contributed by atoms with Crippen molar-refractivity contribution in [3.8, 4) is 5.75 Å². The average molecular weight is 449 g/mol. The minimum Gasteiger partial charge on any atom is -0.493 e. The van der Waals surface area contributed by atoms with E-state index in [4.69, 9.17) is 4.74 Å². The molecule has 0 radical (unpaired) electrons. The monoisotopic (exact) mass is 449 g/mol. The highest BCUT2D eigenvalue weighted by Gasteiger charge is 2.39. The van der Waals surface area contributed by atoms with Crippen molar-refractivity contribution in [3.05, 3.63) is 65.2 Å². The molecule has 3 nitrogen and oxygen atoms in total. The number of likely N-dealkylation sites (tertiary alicyclic amines) is 1. The molecule has 172 valence electrons. The third-order valence-corrected chi connectivity index (χ3v) is 6.85. The maximum absolute atomic E-state index is 13.0. The first-order chi connectivity index (χ1) is 15.2.